The summed E-state index contributed by atoms with van der Waals surface area (Å²) in [4.78, 5) is 0. The van der Waals surface area contributed by atoms with Gasteiger partial charge in [-0.2, -0.15) is 0 Å². The van der Waals surface area contributed by atoms with E-state index < -0.39 is 0 Å². The molecule has 124 valence electrons. The molecule has 1 atom stereocenters. The number of thioether (sulfide) groups is 1. The quantitative estimate of drug-likeness (QED) is 0.731. The van der Waals surface area contributed by atoms with Gasteiger partial charge in [-0.15, -0.1) is 10.2 Å². The van der Waals surface area contributed by atoms with Gasteiger partial charge in [-0.05, 0) is 25.0 Å². The Balaban J connectivity index is 1.75. The summed E-state index contributed by atoms with van der Waals surface area (Å²) < 4.78 is 21.7. The largest absolute Gasteiger partial charge is 0.376 e. The summed E-state index contributed by atoms with van der Waals surface area (Å²) in [5.74, 6) is 1.08. The predicted octanol–water partition coefficient (Wildman–Crippen LogP) is 4.10. The van der Waals surface area contributed by atoms with E-state index in [0.717, 1.165) is 43.4 Å². The number of ether oxygens (including phenoxy) is 1. The van der Waals surface area contributed by atoms with E-state index in [9.17, 15) is 4.39 Å². The van der Waals surface area contributed by atoms with Crippen LogP contribution in [0.4, 0.5) is 4.39 Å². The maximum Gasteiger partial charge on any atom is 0.191 e. The Bertz CT molecular complexity index is 653. The van der Waals surface area contributed by atoms with Crippen LogP contribution in [0.25, 0.3) is 0 Å². The van der Waals surface area contributed by atoms with Gasteiger partial charge < -0.3 is 9.30 Å². The number of hydrogen-bond acceptors (Lipinski definition) is 4. The molecule has 2 aromatic rings. The molecular weight excluding hydrogens is 337 g/mol. The molecule has 1 unspecified atom stereocenters. The normalized spacial score (nSPS) is 17.8. The van der Waals surface area contributed by atoms with Crippen LogP contribution >= 0.6 is 23.4 Å². The van der Waals surface area contributed by atoms with Crippen LogP contribution in [0.15, 0.2) is 23.4 Å². The Hall–Kier alpha value is -1.11. The lowest BCUT2D eigenvalue weighted by atomic mass is 10.2. The van der Waals surface area contributed by atoms with Gasteiger partial charge in [-0.25, -0.2) is 4.39 Å². The topological polar surface area (TPSA) is 39.9 Å². The molecule has 0 bridgehead atoms. The minimum atomic E-state index is -0.286. The van der Waals surface area contributed by atoms with E-state index in [1.807, 2.05) is 0 Å². The van der Waals surface area contributed by atoms with Crippen LogP contribution in [0.1, 0.15) is 31.2 Å². The zero-order valence-corrected chi connectivity index (χ0v) is 14.5. The highest BCUT2D eigenvalue weighted by Gasteiger charge is 2.21. The second-order valence-electron chi connectivity index (χ2n) is 5.49. The van der Waals surface area contributed by atoms with Gasteiger partial charge in [0.25, 0.3) is 0 Å². The van der Waals surface area contributed by atoms with Crippen molar-refractivity contribution in [1.29, 1.82) is 0 Å². The predicted molar refractivity (Wildman–Crippen MR) is 89.3 cm³/mol. The zero-order valence-electron chi connectivity index (χ0n) is 13.0. The Morgan fingerprint density at radius 1 is 1.43 bits per heavy atom. The van der Waals surface area contributed by atoms with Crippen molar-refractivity contribution in [2.24, 2.45) is 0 Å². The van der Waals surface area contributed by atoms with Crippen molar-refractivity contribution in [2.75, 3.05) is 6.61 Å². The Kier molecular flexibility index (Phi) is 5.56. The molecule has 0 amide bonds. The number of nitrogens with zero attached hydrogens (tertiary/aromatic N) is 3. The summed E-state index contributed by atoms with van der Waals surface area (Å²) in [6, 6.07) is 4.74. The van der Waals surface area contributed by atoms with Gasteiger partial charge in [0, 0.05) is 29.4 Å². The monoisotopic (exact) mass is 355 g/mol. The average molecular weight is 356 g/mol. The van der Waals surface area contributed by atoms with E-state index >= 15 is 0 Å². The van der Waals surface area contributed by atoms with Crippen molar-refractivity contribution in [3.8, 4) is 0 Å². The molecule has 0 saturated carbocycles. The second kappa shape index (κ2) is 7.64. The van der Waals surface area contributed by atoms with Crippen LogP contribution in [0, 0.1) is 5.82 Å². The van der Waals surface area contributed by atoms with E-state index in [1.54, 1.807) is 12.1 Å². The molecular formula is C16H19ClFN3OS. The average Bonchev–Trinajstić information content (AvgIpc) is 3.17. The molecule has 4 nitrogen and oxygen atoms in total. The lowest BCUT2D eigenvalue weighted by Crippen LogP contribution is -2.17. The summed E-state index contributed by atoms with van der Waals surface area (Å²) in [7, 11) is 0. The standard InChI is InChI=1S/C16H19ClFN3OS/c1-2-15-19-20-16(21(15)9-11-5-4-8-22-11)23-10-12-13(17)6-3-7-14(12)18/h3,6-7,11H,2,4-5,8-10H2,1H3. The summed E-state index contributed by atoms with van der Waals surface area (Å²) in [6.07, 6.45) is 3.18. The highest BCUT2D eigenvalue weighted by molar-refractivity contribution is 7.98. The van der Waals surface area contributed by atoms with Crippen LogP contribution in [0.5, 0.6) is 0 Å². The lowest BCUT2D eigenvalue weighted by molar-refractivity contribution is 0.0942. The Morgan fingerprint density at radius 2 is 2.30 bits per heavy atom. The van der Waals surface area contributed by atoms with E-state index in [2.05, 4.69) is 21.7 Å². The maximum absolute atomic E-state index is 13.9. The molecule has 1 fully saturated rings. The van der Waals surface area contributed by atoms with Gasteiger partial charge in [0.05, 0.1) is 12.6 Å². The molecule has 3 rings (SSSR count). The van der Waals surface area contributed by atoms with Crippen LogP contribution < -0.4 is 0 Å². The highest BCUT2D eigenvalue weighted by atomic mass is 35.5. The molecule has 0 N–H and O–H groups in total. The Labute approximate surface area is 144 Å². The SMILES string of the molecule is CCc1nnc(SCc2c(F)cccc2Cl)n1CC1CCCO1. The molecule has 1 aromatic carbocycles. The summed E-state index contributed by atoms with van der Waals surface area (Å²) in [6.45, 7) is 3.63. The molecule has 1 saturated heterocycles. The molecule has 1 aromatic heterocycles. The summed E-state index contributed by atoms with van der Waals surface area (Å²) in [5, 5.41) is 9.73. The zero-order chi connectivity index (χ0) is 16.2. The van der Waals surface area contributed by atoms with Crippen molar-refractivity contribution < 1.29 is 9.13 Å². The third-order valence-corrected chi connectivity index (χ3v) is 5.27. The van der Waals surface area contributed by atoms with Crippen LogP contribution in [0.2, 0.25) is 5.02 Å². The van der Waals surface area contributed by atoms with Crippen LogP contribution in [-0.2, 0) is 23.5 Å². The fourth-order valence-corrected chi connectivity index (χ4v) is 3.98. The minimum absolute atomic E-state index is 0.215. The second-order valence-corrected chi connectivity index (χ2v) is 6.84. The van der Waals surface area contributed by atoms with E-state index in [-0.39, 0.29) is 11.9 Å². The third-order valence-electron chi connectivity index (χ3n) is 3.93. The molecule has 2 heterocycles. The van der Waals surface area contributed by atoms with Crippen molar-refractivity contribution in [1.82, 2.24) is 14.8 Å². The highest BCUT2D eigenvalue weighted by Crippen LogP contribution is 2.29. The molecule has 0 aliphatic carbocycles. The minimum Gasteiger partial charge on any atom is -0.376 e. The number of aromatic nitrogens is 3. The first-order chi connectivity index (χ1) is 11.2. The first kappa shape index (κ1) is 16.7. The van der Waals surface area contributed by atoms with Crippen LogP contribution in [-0.4, -0.2) is 27.5 Å². The number of halogens is 2. The van der Waals surface area contributed by atoms with Gasteiger partial charge >= 0.3 is 0 Å². The first-order valence-electron chi connectivity index (χ1n) is 7.78. The van der Waals surface area contributed by atoms with Crippen LogP contribution in [0.3, 0.4) is 0 Å². The van der Waals surface area contributed by atoms with E-state index in [1.165, 1.54) is 17.8 Å². The number of hydrogen-bond donors (Lipinski definition) is 0. The van der Waals surface area contributed by atoms with Gasteiger partial charge in [0.15, 0.2) is 5.16 Å². The van der Waals surface area contributed by atoms with Gasteiger partial charge in [-0.1, -0.05) is 36.4 Å². The van der Waals surface area contributed by atoms with Crippen molar-refractivity contribution in [3.05, 3.63) is 40.4 Å². The molecule has 1 aliphatic heterocycles. The smallest absolute Gasteiger partial charge is 0.191 e. The molecule has 0 spiro atoms. The first-order valence-corrected chi connectivity index (χ1v) is 9.14. The molecule has 7 heteroatoms. The van der Waals surface area contributed by atoms with Gasteiger partial charge in [0.2, 0.25) is 0 Å². The Morgan fingerprint density at radius 3 is 3.00 bits per heavy atom. The fraction of sp³-hybridized carbons (Fsp3) is 0.500. The third kappa shape index (κ3) is 3.87. The molecule has 23 heavy (non-hydrogen) atoms. The summed E-state index contributed by atoms with van der Waals surface area (Å²) in [5.41, 5.74) is 0.504. The molecule has 1 aliphatic rings. The summed E-state index contributed by atoms with van der Waals surface area (Å²) >= 11 is 7.55. The lowest BCUT2D eigenvalue weighted by Gasteiger charge is -2.14. The maximum atomic E-state index is 13.9. The molecule has 0 radical (unpaired) electrons. The van der Waals surface area contributed by atoms with E-state index in [0.29, 0.717) is 16.3 Å². The van der Waals surface area contributed by atoms with Gasteiger partial charge in [-0.3, -0.25) is 0 Å². The van der Waals surface area contributed by atoms with Gasteiger partial charge in [0.1, 0.15) is 11.6 Å². The number of rotatable bonds is 6. The van der Waals surface area contributed by atoms with Crippen molar-refractivity contribution >= 4 is 23.4 Å². The van der Waals surface area contributed by atoms with Crippen molar-refractivity contribution in [2.45, 2.75) is 49.7 Å². The number of aryl methyl sites for hydroxylation is 1. The fourth-order valence-electron chi connectivity index (χ4n) is 2.67. The van der Waals surface area contributed by atoms with E-state index in [4.69, 9.17) is 16.3 Å². The van der Waals surface area contributed by atoms with Crippen molar-refractivity contribution in [3.63, 3.8) is 0 Å². The number of benzene rings is 1.